The Morgan fingerprint density at radius 1 is 0.857 bits per heavy atom. The Hall–Kier alpha value is -1.07. The van der Waals surface area contributed by atoms with Crippen molar-refractivity contribution in [1.82, 2.24) is 15.0 Å². The lowest BCUT2D eigenvalue weighted by molar-refractivity contribution is 1.32. The van der Waals surface area contributed by atoms with Crippen molar-refractivity contribution in [2.24, 2.45) is 0 Å². The van der Waals surface area contributed by atoms with Crippen molar-refractivity contribution in [3.63, 3.8) is 0 Å². The van der Waals surface area contributed by atoms with E-state index in [-0.39, 0.29) is 0 Å². The number of nitrogens with zero attached hydrogens (tertiary/aromatic N) is 3. The second-order valence-corrected chi connectivity index (χ2v) is 5.47. The summed E-state index contributed by atoms with van der Waals surface area (Å²) in [5.41, 5.74) is 1.93. The van der Waals surface area contributed by atoms with Crippen molar-refractivity contribution in [3.05, 3.63) is 16.1 Å². The molecule has 70 valence electrons. The van der Waals surface area contributed by atoms with Gasteiger partial charge in [0.05, 0.1) is 10.0 Å². The summed E-state index contributed by atoms with van der Waals surface area (Å²) in [4.78, 5) is 15.3. The van der Waals surface area contributed by atoms with E-state index in [9.17, 15) is 0 Å². The molecule has 0 unspecified atom stereocenters. The van der Waals surface area contributed by atoms with E-state index in [4.69, 9.17) is 0 Å². The van der Waals surface area contributed by atoms with Crippen LogP contribution in [0.4, 0.5) is 0 Å². The lowest BCUT2D eigenvalue weighted by Crippen LogP contribution is -1.75. The van der Waals surface area contributed by atoms with E-state index in [1.807, 2.05) is 19.9 Å². The summed E-state index contributed by atoms with van der Waals surface area (Å²) in [5.74, 6) is 0. The molecule has 3 heterocycles. The van der Waals surface area contributed by atoms with Crippen LogP contribution < -0.4 is 0 Å². The van der Waals surface area contributed by atoms with Crippen molar-refractivity contribution in [1.29, 1.82) is 0 Å². The molecule has 0 radical (unpaired) electrons. The maximum atomic E-state index is 4.53. The fourth-order valence-corrected chi connectivity index (χ4v) is 3.03. The maximum absolute atomic E-state index is 4.53. The van der Waals surface area contributed by atoms with Gasteiger partial charge in [0.15, 0.2) is 0 Å². The van der Waals surface area contributed by atoms with E-state index in [1.54, 1.807) is 22.7 Å². The molecule has 0 aliphatic rings. The molecule has 0 aliphatic carbocycles. The topological polar surface area (TPSA) is 38.7 Å². The summed E-state index contributed by atoms with van der Waals surface area (Å²) < 4.78 is 0. The fraction of sp³-hybridized carbons (Fsp3) is 0.222. The third-order valence-electron chi connectivity index (χ3n) is 1.96. The van der Waals surface area contributed by atoms with Gasteiger partial charge >= 0.3 is 0 Å². The number of rotatable bonds is 0. The van der Waals surface area contributed by atoms with Crippen molar-refractivity contribution in [2.75, 3.05) is 0 Å². The molecule has 3 aromatic heterocycles. The highest BCUT2D eigenvalue weighted by molar-refractivity contribution is 7.19. The van der Waals surface area contributed by atoms with Crippen LogP contribution >= 0.6 is 22.7 Å². The van der Waals surface area contributed by atoms with Gasteiger partial charge in [-0.2, -0.15) is 0 Å². The molecule has 0 aliphatic heterocycles. The number of hydrogen-bond acceptors (Lipinski definition) is 5. The predicted octanol–water partition coefficient (Wildman–Crippen LogP) is 2.92. The largest absolute Gasteiger partial charge is 0.240 e. The number of aryl methyl sites for hydroxylation is 2. The van der Waals surface area contributed by atoms with Gasteiger partial charge in [0.2, 0.25) is 0 Å². The Bertz CT molecular complexity index is 521. The van der Waals surface area contributed by atoms with Crippen LogP contribution in [0.5, 0.6) is 0 Å². The third-order valence-corrected chi connectivity index (χ3v) is 3.72. The summed E-state index contributed by atoms with van der Waals surface area (Å²) in [6.45, 7) is 4.00. The van der Waals surface area contributed by atoms with Crippen molar-refractivity contribution in [3.8, 4) is 0 Å². The number of hydrogen-bond donors (Lipinski definition) is 0. The van der Waals surface area contributed by atoms with E-state index >= 15 is 0 Å². The first-order valence-corrected chi connectivity index (χ1v) is 5.87. The minimum Gasteiger partial charge on any atom is -0.240 e. The molecule has 14 heavy (non-hydrogen) atoms. The smallest absolute Gasteiger partial charge is 0.145 e. The van der Waals surface area contributed by atoms with Gasteiger partial charge in [0.1, 0.15) is 20.7 Å². The van der Waals surface area contributed by atoms with Crippen LogP contribution in [0.2, 0.25) is 0 Å². The summed E-state index contributed by atoms with van der Waals surface area (Å²) in [7, 11) is 0. The van der Waals surface area contributed by atoms with Crippen molar-refractivity contribution in [2.45, 2.75) is 13.8 Å². The Kier molecular flexibility index (Phi) is 1.60. The molecule has 0 N–H and O–H groups in total. The van der Waals surface area contributed by atoms with E-state index in [0.717, 1.165) is 30.7 Å². The molecule has 0 bridgehead atoms. The number of aromatic nitrogens is 3. The molecule has 0 amide bonds. The highest BCUT2D eigenvalue weighted by atomic mass is 32.1. The minimum atomic E-state index is 0.963. The van der Waals surface area contributed by atoms with Crippen LogP contribution in [0.1, 0.15) is 10.0 Å². The highest BCUT2D eigenvalue weighted by Gasteiger charge is 2.07. The standard InChI is InChI=1S/C9H7N3S2/c1-4-10-6-3-7-9(12-8(6)13-4)14-5(2)11-7/h3H,1-2H3. The Labute approximate surface area is 88.5 Å². The second-order valence-electron chi connectivity index (χ2n) is 3.10. The van der Waals surface area contributed by atoms with Gasteiger partial charge in [-0.3, -0.25) is 0 Å². The summed E-state index contributed by atoms with van der Waals surface area (Å²) in [6.07, 6.45) is 0. The van der Waals surface area contributed by atoms with Gasteiger partial charge in [-0.05, 0) is 19.9 Å². The fourth-order valence-electron chi connectivity index (χ4n) is 1.43. The molecule has 0 spiro atoms. The van der Waals surface area contributed by atoms with Gasteiger partial charge in [0.25, 0.3) is 0 Å². The SMILES string of the molecule is Cc1nc2cc3nc(C)sc3nc2s1. The normalized spacial score (nSPS) is 11.6. The van der Waals surface area contributed by atoms with Crippen LogP contribution in [0, 0.1) is 13.8 Å². The second kappa shape index (κ2) is 2.71. The molecular formula is C9H7N3S2. The molecule has 0 atom stereocenters. The van der Waals surface area contributed by atoms with Crippen LogP contribution in [0.3, 0.4) is 0 Å². The predicted molar refractivity (Wildman–Crippen MR) is 60.1 cm³/mol. The lowest BCUT2D eigenvalue weighted by Gasteiger charge is -1.86. The summed E-state index contributed by atoms with van der Waals surface area (Å²) in [5, 5.41) is 2.11. The number of pyridine rings is 1. The van der Waals surface area contributed by atoms with Gasteiger partial charge in [0, 0.05) is 0 Å². The van der Waals surface area contributed by atoms with Crippen LogP contribution in [0.25, 0.3) is 20.7 Å². The quantitative estimate of drug-likeness (QED) is 0.586. The zero-order valence-electron chi connectivity index (χ0n) is 7.74. The van der Waals surface area contributed by atoms with E-state index in [2.05, 4.69) is 15.0 Å². The van der Waals surface area contributed by atoms with Gasteiger partial charge < -0.3 is 0 Å². The third kappa shape index (κ3) is 1.13. The minimum absolute atomic E-state index is 0.963. The lowest BCUT2D eigenvalue weighted by atomic mass is 10.4. The zero-order chi connectivity index (χ0) is 9.71. The Morgan fingerprint density at radius 3 is 1.86 bits per heavy atom. The van der Waals surface area contributed by atoms with Crippen molar-refractivity contribution < 1.29 is 0 Å². The first-order chi connectivity index (χ1) is 6.72. The number of fused-ring (bicyclic) bond motifs is 2. The van der Waals surface area contributed by atoms with E-state index < -0.39 is 0 Å². The van der Waals surface area contributed by atoms with Gasteiger partial charge in [-0.25, -0.2) is 15.0 Å². The maximum Gasteiger partial charge on any atom is 0.145 e. The molecular weight excluding hydrogens is 214 g/mol. The monoisotopic (exact) mass is 221 g/mol. The molecule has 3 aromatic rings. The Morgan fingerprint density at radius 2 is 1.36 bits per heavy atom. The highest BCUT2D eigenvalue weighted by Crippen LogP contribution is 2.26. The van der Waals surface area contributed by atoms with Crippen LogP contribution in [-0.4, -0.2) is 15.0 Å². The molecule has 5 heteroatoms. The van der Waals surface area contributed by atoms with E-state index in [0.29, 0.717) is 0 Å². The molecule has 3 nitrogen and oxygen atoms in total. The zero-order valence-corrected chi connectivity index (χ0v) is 9.37. The van der Waals surface area contributed by atoms with Crippen LogP contribution in [0.15, 0.2) is 6.07 Å². The molecule has 0 aromatic carbocycles. The molecule has 0 fully saturated rings. The Balaban J connectivity index is 2.49. The molecule has 0 saturated carbocycles. The van der Waals surface area contributed by atoms with E-state index in [1.165, 1.54) is 0 Å². The van der Waals surface area contributed by atoms with Crippen molar-refractivity contribution >= 4 is 43.4 Å². The van der Waals surface area contributed by atoms with Gasteiger partial charge in [-0.1, -0.05) is 22.7 Å². The van der Waals surface area contributed by atoms with Gasteiger partial charge in [-0.15, -0.1) is 0 Å². The first-order valence-electron chi connectivity index (χ1n) is 4.24. The molecule has 0 saturated heterocycles. The summed E-state index contributed by atoms with van der Waals surface area (Å²) in [6, 6.07) is 2.02. The molecule has 3 rings (SSSR count). The average molecular weight is 221 g/mol. The average Bonchev–Trinajstić information content (AvgIpc) is 2.59. The van der Waals surface area contributed by atoms with Crippen LogP contribution in [-0.2, 0) is 0 Å². The number of thiazole rings is 2. The summed E-state index contributed by atoms with van der Waals surface area (Å²) >= 11 is 3.27. The first kappa shape index (κ1) is 8.26.